The van der Waals surface area contributed by atoms with E-state index in [1.54, 1.807) is 6.07 Å². The number of nitrogens with zero attached hydrogens (tertiary/aromatic N) is 3. The Labute approximate surface area is 191 Å². The third-order valence-electron chi connectivity index (χ3n) is 5.25. The Morgan fingerprint density at radius 1 is 0.909 bits per heavy atom. The second-order valence-electron chi connectivity index (χ2n) is 7.72. The minimum Gasteiger partial charge on any atom is -0.481 e. The zero-order valence-corrected chi connectivity index (χ0v) is 18.1. The Morgan fingerprint density at radius 3 is 2.36 bits per heavy atom. The average molecular weight is 441 g/mol. The molecule has 0 aliphatic heterocycles. The Balaban J connectivity index is 1.60. The number of aromatic nitrogens is 3. The van der Waals surface area contributed by atoms with Gasteiger partial charge in [0, 0.05) is 24.7 Å². The van der Waals surface area contributed by atoms with Crippen molar-refractivity contribution in [2.24, 2.45) is 0 Å². The zero-order chi connectivity index (χ0) is 23.0. The van der Waals surface area contributed by atoms with Gasteiger partial charge in [-0.3, -0.25) is 9.59 Å². The van der Waals surface area contributed by atoms with Crippen molar-refractivity contribution < 1.29 is 14.7 Å². The van der Waals surface area contributed by atoms with Gasteiger partial charge in [-0.2, -0.15) is 0 Å². The van der Waals surface area contributed by atoms with Crippen LogP contribution in [0.3, 0.4) is 0 Å². The molecule has 0 bridgehead atoms. The van der Waals surface area contributed by atoms with Crippen LogP contribution in [-0.2, 0) is 17.8 Å². The molecule has 2 heterocycles. The van der Waals surface area contributed by atoms with Crippen molar-refractivity contribution in [2.45, 2.75) is 32.2 Å². The van der Waals surface area contributed by atoms with Crippen molar-refractivity contribution in [1.29, 1.82) is 0 Å². The Morgan fingerprint density at radius 2 is 1.64 bits per heavy atom. The van der Waals surface area contributed by atoms with Gasteiger partial charge in [0.05, 0.1) is 17.0 Å². The molecule has 0 aliphatic rings. The second kappa shape index (κ2) is 10.5. The quantitative estimate of drug-likeness (QED) is 0.373. The first kappa shape index (κ1) is 22.1. The first-order valence-corrected chi connectivity index (χ1v) is 10.9. The number of carbonyl (C=O) groups is 2. The molecular weight excluding hydrogens is 416 g/mol. The van der Waals surface area contributed by atoms with Gasteiger partial charge in [-0.1, -0.05) is 60.7 Å². The maximum absolute atomic E-state index is 12.7. The van der Waals surface area contributed by atoms with Crippen LogP contribution in [0, 0.1) is 0 Å². The highest BCUT2D eigenvalue weighted by atomic mass is 16.4. The highest BCUT2D eigenvalue weighted by Gasteiger charge is 2.14. The van der Waals surface area contributed by atoms with Crippen LogP contribution < -0.4 is 5.32 Å². The lowest BCUT2D eigenvalue weighted by Crippen LogP contribution is -2.23. The summed E-state index contributed by atoms with van der Waals surface area (Å²) in [5, 5.41) is 11.8. The van der Waals surface area contributed by atoms with Crippen LogP contribution in [0.15, 0.2) is 72.9 Å². The molecule has 33 heavy (non-hydrogen) atoms. The monoisotopic (exact) mass is 440 g/mol. The Kier molecular flexibility index (Phi) is 6.99. The van der Waals surface area contributed by atoms with E-state index >= 15 is 0 Å². The van der Waals surface area contributed by atoms with E-state index in [1.165, 1.54) is 6.20 Å². The summed E-state index contributed by atoms with van der Waals surface area (Å²) in [6, 6.07) is 21.1. The number of carbonyl (C=O) groups excluding carboxylic acids is 1. The Bertz CT molecular complexity index is 1260. The van der Waals surface area contributed by atoms with Crippen LogP contribution >= 0.6 is 0 Å². The van der Waals surface area contributed by atoms with E-state index in [4.69, 9.17) is 15.1 Å². The highest BCUT2D eigenvalue weighted by molar-refractivity contribution is 5.96. The minimum absolute atomic E-state index is 0.120. The SMILES string of the molecule is O=C(O)CCCCc1nc2cc(C(=O)NCc3ccccc3)cnc2nc1-c1ccccc1. The molecule has 0 fully saturated rings. The number of carboxylic acid groups (broad SMARTS) is 1. The van der Waals surface area contributed by atoms with Crippen molar-refractivity contribution in [3.05, 3.63) is 89.7 Å². The summed E-state index contributed by atoms with van der Waals surface area (Å²) in [6.07, 6.45) is 3.46. The van der Waals surface area contributed by atoms with E-state index in [1.807, 2.05) is 60.7 Å². The number of pyridine rings is 1. The third kappa shape index (κ3) is 5.77. The van der Waals surface area contributed by atoms with Gasteiger partial charge in [-0.25, -0.2) is 15.0 Å². The standard InChI is InChI=1S/C26H24N4O3/c31-23(32)14-8-7-13-21-24(19-11-5-2-6-12-19)30-25-22(29-21)15-20(17-27-25)26(33)28-16-18-9-3-1-4-10-18/h1-6,9-12,15,17H,7-8,13-14,16H2,(H,28,33)(H,31,32). The lowest BCUT2D eigenvalue weighted by Gasteiger charge is -2.11. The molecule has 2 N–H and O–H groups in total. The molecule has 166 valence electrons. The summed E-state index contributed by atoms with van der Waals surface area (Å²) in [7, 11) is 0. The van der Waals surface area contributed by atoms with E-state index in [-0.39, 0.29) is 12.3 Å². The van der Waals surface area contributed by atoms with Crippen LogP contribution in [0.2, 0.25) is 0 Å². The number of hydrogen-bond donors (Lipinski definition) is 2. The van der Waals surface area contributed by atoms with Crippen molar-refractivity contribution in [2.75, 3.05) is 0 Å². The molecule has 1 amide bonds. The largest absolute Gasteiger partial charge is 0.481 e. The van der Waals surface area contributed by atoms with Gasteiger partial charge in [0.15, 0.2) is 5.65 Å². The van der Waals surface area contributed by atoms with Crippen molar-refractivity contribution in [1.82, 2.24) is 20.3 Å². The number of aliphatic carboxylic acids is 1. The first-order valence-electron chi connectivity index (χ1n) is 10.9. The summed E-state index contributed by atoms with van der Waals surface area (Å²) >= 11 is 0. The van der Waals surface area contributed by atoms with Gasteiger partial charge < -0.3 is 10.4 Å². The highest BCUT2D eigenvalue weighted by Crippen LogP contribution is 2.24. The van der Waals surface area contributed by atoms with Crippen LogP contribution in [0.4, 0.5) is 0 Å². The van der Waals surface area contributed by atoms with Gasteiger partial charge in [-0.05, 0) is 30.9 Å². The molecule has 4 aromatic rings. The number of unbranched alkanes of at least 4 members (excludes halogenated alkanes) is 1. The van der Waals surface area contributed by atoms with Crippen LogP contribution in [0.5, 0.6) is 0 Å². The fourth-order valence-electron chi connectivity index (χ4n) is 3.56. The van der Waals surface area contributed by atoms with Crippen LogP contribution in [-0.4, -0.2) is 31.9 Å². The van der Waals surface area contributed by atoms with Crippen molar-refractivity contribution >= 4 is 23.0 Å². The van der Waals surface area contributed by atoms with Crippen LogP contribution in [0.1, 0.15) is 40.9 Å². The van der Waals surface area contributed by atoms with Gasteiger partial charge in [0.2, 0.25) is 0 Å². The van der Waals surface area contributed by atoms with Gasteiger partial charge in [-0.15, -0.1) is 0 Å². The molecule has 0 spiro atoms. The number of fused-ring (bicyclic) bond motifs is 1. The van der Waals surface area contributed by atoms with E-state index in [0.29, 0.717) is 42.5 Å². The molecule has 2 aromatic carbocycles. The molecule has 7 nitrogen and oxygen atoms in total. The topological polar surface area (TPSA) is 105 Å². The van der Waals surface area contributed by atoms with E-state index in [9.17, 15) is 9.59 Å². The predicted molar refractivity (Wildman–Crippen MR) is 126 cm³/mol. The van der Waals surface area contributed by atoms with Crippen molar-refractivity contribution in [3.63, 3.8) is 0 Å². The molecule has 0 radical (unpaired) electrons. The Hall–Kier alpha value is -4.13. The molecule has 7 heteroatoms. The smallest absolute Gasteiger partial charge is 0.303 e. The molecule has 0 atom stereocenters. The zero-order valence-electron chi connectivity index (χ0n) is 18.1. The fraction of sp³-hybridized carbons (Fsp3) is 0.192. The van der Waals surface area contributed by atoms with E-state index < -0.39 is 5.97 Å². The lowest BCUT2D eigenvalue weighted by atomic mass is 10.0. The maximum Gasteiger partial charge on any atom is 0.303 e. The number of benzene rings is 2. The number of aryl methyl sites for hydroxylation is 1. The van der Waals surface area contributed by atoms with E-state index in [0.717, 1.165) is 22.5 Å². The summed E-state index contributed by atoms with van der Waals surface area (Å²) in [4.78, 5) is 37.4. The molecule has 0 saturated carbocycles. The second-order valence-corrected chi connectivity index (χ2v) is 7.72. The minimum atomic E-state index is -0.807. The van der Waals surface area contributed by atoms with E-state index in [2.05, 4.69) is 10.3 Å². The number of rotatable bonds is 9. The molecule has 4 rings (SSSR count). The normalized spacial score (nSPS) is 10.8. The molecule has 0 aliphatic carbocycles. The summed E-state index contributed by atoms with van der Waals surface area (Å²) < 4.78 is 0. The predicted octanol–water partition coefficient (Wildman–Crippen LogP) is 4.42. The van der Waals surface area contributed by atoms with Gasteiger partial charge >= 0.3 is 5.97 Å². The first-order chi connectivity index (χ1) is 16.1. The number of amides is 1. The maximum atomic E-state index is 12.7. The molecule has 2 aromatic heterocycles. The molecule has 0 saturated heterocycles. The van der Waals surface area contributed by atoms with Gasteiger partial charge in [0.25, 0.3) is 5.91 Å². The number of nitrogens with one attached hydrogen (secondary N) is 1. The average Bonchev–Trinajstić information content (AvgIpc) is 2.85. The molecule has 0 unspecified atom stereocenters. The number of carboxylic acids is 1. The van der Waals surface area contributed by atoms with Gasteiger partial charge in [0.1, 0.15) is 5.52 Å². The van der Waals surface area contributed by atoms with Crippen molar-refractivity contribution in [3.8, 4) is 11.3 Å². The van der Waals surface area contributed by atoms with Crippen LogP contribution in [0.25, 0.3) is 22.4 Å². The third-order valence-corrected chi connectivity index (χ3v) is 5.25. The summed E-state index contributed by atoms with van der Waals surface area (Å²) in [5.74, 6) is -1.04. The summed E-state index contributed by atoms with van der Waals surface area (Å²) in [6.45, 7) is 0.422. The fourth-order valence-corrected chi connectivity index (χ4v) is 3.56. The summed E-state index contributed by atoms with van der Waals surface area (Å²) in [5.41, 5.74) is 4.84. The number of hydrogen-bond acceptors (Lipinski definition) is 5. The lowest BCUT2D eigenvalue weighted by molar-refractivity contribution is -0.137. The molecular formula is C26H24N4O3.